The van der Waals surface area contributed by atoms with E-state index in [0.29, 0.717) is 0 Å². The zero-order chi connectivity index (χ0) is 22.5. The van der Waals surface area contributed by atoms with Crippen LogP contribution in [0.2, 0.25) is 0 Å². The summed E-state index contributed by atoms with van der Waals surface area (Å²) in [5.74, 6) is 0. The van der Waals surface area contributed by atoms with E-state index in [1.54, 1.807) is 0 Å². The second kappa shape index (κ2) is 7.50. The number of anilines is 2. The number of para-hydroxylation sites is 1. The van der Waals surface area contributed by atoms with Gasteiger partial charge in [0.1, 0.15) is 5.58 Å². The molecule has 0 saturated heterocycles. The Morgan fingerprint density at radius 2 is 1.12 bits per heavy atom. The van der Waals surface area contributed by atoms with Crippen LogP contribution in [0.5, 0.6) is 0 Å². The van der Waals surface area contributed by atoms with Gasteiger partial charge in [-0.3, -0.25) is 0 Å². The first-order valence-corrected chi connectivity index (χ1v) is 11.5. The third-order valence-corrected chi connectivity index (χ3v) is 6.63. The van der Waals surface area contributed by atoms with Gasteiger partial charge in [-0.15, -0.1) is 0 Å². The molecule has 7 aromatic rings. The van der Waals surface area contributed by atoms with E-state index in [1.165, 1.54) is 21.5 Å². The predicted octanol–water partition coefficient (Wildman–Crippen LogP) is 9.30. The van der Waals surface area contributed by atoms with Crippen molar-refractivity contribution >= 4 is 54.9 Å². The Hall–Kier alpha value is -4.56. The van der Waals surface area contributed by atoms with E-state index in [2.05, 4.69) is 121 Å². The van der Waals surface area contributed by atoms with Gasteiger partial charge in [0.05, 0.1) is 5.69 Å². The molecule has 0 aliphatic heterocycles. The molecule has 0 bridgehead atoms. The van der Waals surface area contributed by atoms with Gasteiger partial charge in [-0.25, -0.2) is 0 Å². The Balaban J connectivity index is 1.53. The van der Waals surface area contributed by atoms with Crippen LogP contribution in [0.4, 0.5) is 11.4 Å². The molecule has 34 heavy (non-hydrogen) atoms. The van der Waals surface area contributed by atoms with Crippen LogP contribution in [0.1, 0.15) is 0 Å². The molecule has 0 aliphatic rings. The quantitative estimate of drug-likeness (QED) is 0.299. The van der Waals surface area contributed by atoms with Crippen molar-refractivity contribution in [1.29, 1.82) is 0 Å². The molecule has 2 nitrogen and oxygen atoms in total. The maximum atomic E-state index is 6.70. The van der Waals surface area contributed by atoms with E-state index in [4.69, 9.17) is 4.42 Å². The molecule has 6 aromatic carbocycles. The van der Waals surface area contributed by atoms with Gasteiger partial charge in [-0.2, -0.15) is 0 Å². The van der Waals surface area contributed by atoms with E-state index in [1.807, 2.05) is 6.07 Å². The first-order valence-electron chi connectivity index (χ1n) is 11.5. The second-order valence-electron chi connectivity index (χ2n) is 8.65. The van der Waals surface area contributed by atoms with Gasteiger partial charge in [-0.1, -0.05) is 103 Å². The van der Waals surface area contributed by atoms with Gasteiger partial charge in [0, 0.05) is 27.4 Å². The van der Waals surface area contributed by atoms with Crippen LogP contribution in [-0.2, 0) is 0 Å². The minimum atomic E-state index is 0.874. The molecule has 0 spiro atoms. The molecule has 1 N–H and O–H groups in total. The highest BCUT2D eigenvalue weighted by Crippen LogP contribution is 2.43. The maximum Gasteiger partial charge on any atom is 0.158 e. The lowest BCUT2D eigenvalue weighted by Gasteiger charge is -2.10. The summed E-state index contributed by atoms with van der Waals surface area (Å²) in [7, 11) is 0. The number of nitrogens with one attached hydrogen (secondary N) is 1. The molecule has 0 unspecified atom stereocenters. The van der Waals surface area contributed by atoms with Crippen LogP contribution in [0.3, 0.4) is 0 Å². The minimum Gasteiger partial charge on any atom is -0.453 e. The summed E-state index contributed by atoms with van der Waals surface area (Å²) in [6.45, 7) is 0. The van der Waals surface area contributed by atoms with Crippen molar-refractivity contribution in [2.45, 2.75) is 0 Å². The van der Waals surface area contributed by atoms with Gasteiger partial charge in [0.25, 0.3) is 0 Å². The fourth-order valence-electron chi connectivity index (χ4n) is 5.06. The Kier molecular flexibility index (Phi) is 4.18. The lowest BCUT2D eigenvalue weighted by molar-refractivity contribution is 0.671. The molecular formula is C32H21NO. The number of fused-ring (bicyclic) bond motifs is 6. The van der Waals surface area contributed by atoms with Gasteiger partial charge >= 0.3 is 0 Å². The molecule has 0 fully saturated rings. The third kappa shape index (κ3) is 2.89. The fourth-order valence-corrected chi connectivity index (χ4v) is 5.06. The van der Waals surface area contributed by atoms with Crippen LogP contribution in [0.25, 0.3) is 54.6 Å². The van der Waals surface area contributed by atoms with Crippen LogP contribution >= 0.6 is 0 Å². The van der Waals surface area contributed by atoms with E-state index >= 15 is 0 Å². The van der Waals surface area contributed by atoms with Crippen molar-refractivity contribution in [3.63, 3.8) is 0 Å². The number of hydrogen-bond donors (Lipinski definition) is 1. The van der Waals surface area contributed by atoms with E-state index in [0.717, 1.165) is 44.4 Å². The smallest absolute Gasteiger partial charge is 0.158 e. The molecule has 1 aromatic heterocycles. The first kappa shape index (κ1) is 19.0. The third-order valence-electron chi connectivity index (χ3n) is 6.63. The van der Waals surface area contributed by atoms with Crippen molar-refractivity contribution in [3.8, 4) is 11.1 Å². The maximum absolute atomic E-state index is 6.70. The summed E-state index contributed by atoms with van der Waals surface area (Å²) in [6.07, 6.45) is 0. The molecule has 1 heterocycles. The summed E-state index contributed by atoms with van der Waals surface area (Å²) < 4.78 is 6.70. The first-order chi connectivity index (χ1) is 16.9. The Morgan fingerprint density at radius 3 is 2.00 bits per heavy atom. The van der Waals surface area contributed by atoms with Crippen LogP contribution in [0.15, 0.2) is 126 Å². The highest BCUT2D eigenvalue weighted by Gasteiger charge is 2.18. The zero-order valence-electron chi connectivity index (χ0n) is 18.5. The molecule has 0 radical (unpaired) electrons. The molecule has 0 amide bonds. The monoisotopic (exact) mass is 435 g/mol. The topological polar surface area (TPSA) is 25.2 Å². The SMILES string of the molecule is c1ccc(-c2cc3ccccc3c3c2oc2c(Nc4cccc5ccccc45)cccc23)cc1. The summed E-state index contributed by atoms with van der Waals surface area (Å²) in [5.41, 5.74) is 6.10. The Morgan fingerprint density at radius 1 is 0.471 bits per heavy atom. The van der Waals surface area contributed by atoms with Gasteiger partial charge in [0.15, 0.2) is 5.58 Å². The largest absolute Gasteiger partial charge is 0.453 e. The normalized spacial score (nSPS) is 11.5. The van der Waals surface area contributed by atoms with Crippen molar-refractivity contribution in [3.05, 3.63) is 121 Å². The summed E-state index contributed by atoms with van der Waals surface area (Å²) in [6, 6.07) is 42.4. The van der Waals surface area contributed by atoms with Crippen LogP contribution < -0.4 is 5.32 Å². The number of furan rings is 1. The number of hydrogen-bond acceptors (Lipinski definition) is 2. The molecule has 2 heteroatoms. The van der Waals surface area contributed by atoms with Crippen molar-refractivity contribution in [2.75, 3.05) is 5.32 Å². The van der Waals surface area contributed by atoms with Gasteiger partial charge in [0.2, 0.25) is 0 Å². The van der Waals surface area contributed by atoms with Crippen LogP contribution in [0, 0.1) is 0 Å². The standard InChI is InChI=1S/C32H21NO/c1-2-10-22(11-3-1)27-20-23-13-5-7-16-25(23)30-26-17-9-19-29(31(26)34-32(27)30)33-28-18-8-14-21-12-4-6-15-24(21)28/h1-20,33H. The molecule has 0 atom stereocenters. The highest BCUT2D eigenvalue weighted by molar-refractivity contribution is 6.24. The lowest BCUT2D eigenvalue weighted by Crippen LogP contribution is -1.91. The molecule has 160 valence electrons. The van der Waals surface area contributed by atoms with Gasteiger partial charge < -0.3 is 9.73 Å². The van der Waals surface area contributed by atoms with E-state index in [-0.39, 0.29) is 0 Å². The Labute approximate surface area is 197 Å². The highest BCUT2D eigenvalue weighted by atomic mass is 16.3. The minimum absolute atomic E-state index is 0.874. The number of rotatable bonds is 3. The average Bonchev–Trinajstić information content (AvgIpc) is 3.30. The van der Waals surface area contributed by atoms with Crippen LogP contribution in [-0.4, -0.2) is 0 Å². The lowest BCUT2D eigenvalue weighted by atomic mass is 9.96. The van der Waals surface area contributed by atoms with E-state index in [9.17, 15) is 0 Å². The molecule has 0 aliphatic carbocycles. The summed E-state index contributed by atoms with van der Waals surface area (Å²) in [4.78, 5) is 0. The second-order valence-corrected chi connectivity index (χ2v) is 8.65. The zero-order valence-corrected chi connectivity index (χ0v) is 18.5. The van der Waals surface area contributed by atoms with Crippen molar-refractivity contribution in [2.24, 2.45) is 0 Å². The van der Waals surface area contributed by atoms with Gasteiger partial charge in [-0.05, 0) is 39.9 Å². The fraction of sp³-hybridized carbons (Fsp3) is 0. The Bertz CT molecular complexity index is 1820. The predicted molar refractivity (Wildman–Crippen MR) is 144 cm³/mol. The number of benzene rings is 6. The average molecular weight is 436 g/mol. The molecule has 0 saturated carbocycles. The molecule has 7 rings (SSSR count). The summed E-state index contributed by atoms with van der Waals surface area (Å²) >= 11 is 0. The summed E-state index contributed by atoms with van der Waals surface area (Å²) in [5, 5.41) is 10.8. The molecular weight excluding hydrogens is 414 g/mol. The van der Waals surface area contributed by atoms with E-state index < -0.39 is 0 Å². The van der Waals surface area contributed by atoms with Crippen molar-refractivity contribution < 1.29 is 4.42 Å². The van der Waals surface area contributed by atoms with Crippen molar-refractivity contribution in [1.82, 2.24) is 0 Å².